The van der Waals surface area contributed by atoms with Gasteiger partial charge in [-0.3, -0.25) is 0 Å². The molecule has 12 heavy (non-hydrogen) atoms. The van der Waals surface area contributed by atoms with E-state index >= 15 is 0 Å². The Labute approximate surface area is 75.2 Å². The zero-order valence-corrected chi connectivity index (χ0v) is 8.16. The van der Waals surface area contributed by atoms with Crippen molar-refractivity contribution < 1.29 is 5.11 Å². The van der Waals surface area contributed by atoms with Gasteiger partial charge in [-0.1, -0.05) is 20.3 Å². The summed E-state index contributed by atoms with van der Waals surface area (Å²) in [5.74, 6) is 3.17. The third-order valence-electron chi connectivity index (χ3n) is 3.85. The zero-order chi connectivity index (χ0) is 8.72. The molecule has 70 valence electrons. The fraction of sp³-hybridized carbons (Fsp3) is 1.00. The Balaban J connectivity index is 1.90. The highest BCUT2D eigenvalue weighted by molar-refractivity contribution is 4.93. The van der Waals surface area contributed by atoms with Gasteiger partial charge in [0.15, 0.2) is 0 Å². The second-order valence-electron chi connectivity index (χ2n) is 5.03. The van der Waals surface area contributed by atoms with Gasteiger partial charge in [0.1, 0.15) is 0 Å². The van der Waals surface area contributed by atoms with Crippen LogP contribution in [0.3, 0.4) is 0 Å². The van der Waals surface area contributed by atoms with E-state index in [1.54, 1.807) is 0 Å². The summed E-state index contributed by atoms with van der Waals surface area (Å²) in [6.07, 6.45) is 5.05. The molecule has 0 aromatic heterocycles. The zero-order valence-electron chi connectivity index (χ0n) is 8.16. The van der Waals surface area contributed by atoms with Crippen molar-refractivity contribution in [3.05, 3.63) is 0 Å². The molecule has 2 saturated carbocycles. The van der Waals surface area contributed by atoms with E-state index in [4.69, 9.17) is 0 Å². The summed E-state index contributed by atoms with van der Waals surface area (Å²) in [5, 5.41) is 9.87. The normalized spacial score (nSPS) is 53.8. The van der Waals surface area contributed by atoms with Crippen LogP contribution in [0.4, 0.5) is 0 Å². The van der Waals surface area contributed by atoms with Gasteiger partial charge < -0.3 is 5.11 Å². The van der Waals surface area contributed by atoms with Crippen LogP contribution in [-0.2, 0) is 0 Å². The third-order valence-corrected chi connectivity index (χ3v) is 3.85. The Morgan fingerprint density at radius 3 is 2.17 bits per heavy atom. The summed E-state index contributed by atoms with van der Waals surface area (Å²) in [7, 11) is 0. The maximum absolute atomic E-state index is 9.87. The van der Waals surface area contributed by atoms with Crippen molar-refractivity contribution in [1.29, 1.82) is 0 Å². The van der Waals surface area contributed by atoms with E-state index in [1.807, 2.05) is 0 Å². The molecule has 0 aliphatic heterocycles. The van der Waals surface area contributed by atoms with Crippen LogP contribution in [0.25, 0.3) is 0 Å². The molecule has 0 spiro atoms. The molecule has 5 unspecified atom stereocenters. The second-order valence-corrected chi connectivity index (χ2v) is 5.03. The first-order chi connectivity index (χ1) is 5.68. The Hall–Kier alpha value is -0.0400. The molecule has 0 bridgehead atoms. The second kappa shape index (κ2) is 3.02. The number of aliphatic hydroxyl groups is 1. The summed E-state index contributed by atoms with van der Waals surface area (Å²) in [6.45, 7) is 4.57. The van der Waals surface area contributed by atoms with Crippen molar-refractivity contribution >= 4 is 0 Å². The molecular weight excluding hydrogens is 148 g/mol. The summed E-state index contributed by atoms with van der Waals surface area (Å²) in [6, 6.07) is 0. The van der Waals surface area contributed by atoms with Gasteiger partial charge in [0.05, 0.1) is 6.10 Å². The van der Waals surface area contributed by atoms with Crippen LogP contribution in [0.5, 0.6) is 0 Å². The molecule has 0 radical (unpaired) electrons. The molecule has 1 nitrogen and oxygen atoms in total. The molecule has 0 saturated heterocycles. The van der Waals surface area contributed by atoms with E-state index in [1.165, 1.54) is 19.3 Å². The highest BCUT2D eigenvalue weighted by atomic mass is 16.3. The molecule has 1 heteroatoms. The summed E-state index contributed by atoms with van der Waals surface area (Å²) in [4.78, 5) is 0. The van der Waals surface area contributed by atoms with Gasteiger partial charge in [-0.15, -0.1) is 0 Å². The predicted octanol–water partition coefficient (Wildman–Crippen LogP) is 2.44. The number of hydrogen-bond acceptors (Lipinski definition) is 1. The van der Waals surface area contributed by atoms with E-state index in [0.717, 1.165) is 24.2 Å². The molecule has 1 N–H and O–H groups in total. The van der Waals surface area contributed by atoms with Crippen LogP contribution >= 0.6 is 0 Å². The predicted molar refractivity (Wildman–Crippen MR) is 49.8 cm³/mol. The number of rotatable bonds is 1. The standard InChI is InChI=1S/C11H20O/c1-7-3-4-9(11(12)5-7)10-6-8(10)2/h7-12H,3-6H2,1-2H3. The van der Waals surface area contributed by atoms with Gasteiger partial charge in [0, 0.05) is 0 Å². The monoisotopic (exact) mass is 168 g/mol. The SMILES string of the molecule is CC1CCC(C2CC2C)C(O)C1. The van der Waals surface area contributed by atoms with Crippen molar-refractivity contribution in [3.8, 4) is 0 Å². The lowest BCUT2D eigenvalue weighted by Crippen LogP contribution is -2.30. The maximum atomic E-state index is 9.87. The third kappa shape index (κ3) is 1.52. The number of hydrogen-bond donors (Lipinski definition) is 1. The molecular formula is C11H20O. The van der Waals surface area contributed by atoms with Crippen molar-refractivity contribution in [1.82, 2.24) is 0 Å². The first kappa shape index (κ1) is 8.55. The van der Waals surface area contributed by atoms with Crippen LogP contribution in [0, 0.1) is 23.7 Å². The summed E-state index contributed by atoms with van der Waals surface area (Å²) < 4.78 is 0. The van der Waals surface area contributed by atoms with Gasteiger partial charge in [0.25, 0.3) is 0 Å². The van der Waals surface area contributed by atoms with E-state index in [9.17, 15) is 5.11 Å². The van der Waals surface area contributed by atoms with Gasteiger partial charge in [-0.2, -0.15) is 0 Å². The van der Waals surface area contributed by atoms with Crippen LogP contribution in [-0.4, -0.2) is 11.2 Å². The van der Waals surface area contributed by atoms with Crippen LogP contribution in [0.15, 0.2) is 0 Å². The topological polar surface area (TPSA) is 20.2 Å². The molecule has 2 aliphatic carbocycles. The van der Waals surface area contributed by atoms with Crippen LogP contribution < -0.4 is 0 Å². The van der Waals surface area contributed by atoms with Crippen LogP contribution in [0.2, 0.25) is 0 Å². The lowest BCUT2D eigenvalue weighted by Gasteiger charge is -2.31. The number of aliphatic hydroxyl groups excluding tert-OH is 1. The van der Waals surface area contributed by atoms with Crippen molar-refractivity contribution in [2.24, 2.45) is 23.7 Å². The fourth-order valence-electron chi connectivity index (χ4n) is 2.82. The fourth-order valence-corrected chi connectivity index (χ4v) is 2.82. The largest absolute Gasteiger partial charge is 0.393 e. The summed E-state index contributed by atoms with van der Waals surface area (Å²) in [5.41, 5.74) is 0. The van der Waals surface area contributed by atoms with Crippen LogP contribution in [0.1, 0.15) is 39.5 Å². The van der Waals surface area contributed by atoms with Crippen molar-refractivity contribution in [3.63, 3.8) is 0 Å². The van der Waals surface area contributed by atoms with Gasteiger partial charge in [-0.05, 0) is 42.9 Å². The Morgan fingerprint density at radius 1 is 1.00 bits per heavy atom. The van der Waals surface area contributed by atoms with Gasteiger partial charge in [-0.25, -0.2) is 0 Å². The minimum Gasteiger partial charge on any atom is -0.393 e. The van der Waals surface area contributed by atoms with E-state index in [2.05, 4.69) is 13.8 Å². The van der Waals surface area contributed by atoms with E-state index in [0.29, 0.717) is 5.92 Å². The van der Waals surface area contributed by atoms with Crippen molar-refractivity contribution in [2.45, 2.75) is 45.6 Å². The molecule has 0 aromatic rings. The first-order valence-electron chi connectivity index (χ1n) is 5.36. The smallest absolute Gasteiger partial charge is 0.0573 e. The molecule has 0 aromatic carbocycles. The van der Waals surface area contributed by atoms with E-state index in [-0.39, 0.29) is 6.10 Å². The average Bonchev–Trinajstić information content (AvgIpc) is 2.66. The van der Waals surface area contributed by atoms with Gasteiger partial charge in [0.2, 0.25) is 0 Å². The van der Waals surface area contributed by atoms with E-state index < -0.39 is 0 Å². The quantitative estimate of drug-likeness (QED) is 0.637. The van der Waals surface area contributed by atoms with Crippen molar-refractivity contribution in [2.75, 3.05) is 0 Å². The highest BCUT2D eigenvalue weighted by Crippen LogP contribution is 2.49. The lowest BCUT2D eigenvalue weighted by atomic mass is 9.78. The molecule has 2 fully saturated rings. The molecule has 0 heterocycles. The molecule has 2 aliphatic rings. The Morgan fingerprint density at radius 2 is 1.67 bits per heavy atom. The first-order valence-corrected chi connectivity index (χ1v) is 5.36. The van der Waals surface area contributed by atoms with Gasteiger partial charge >= 0.3 is 0 Å². The molecule has 2 rings (SSSR count). The lowest BCUT2D eigenvalue weighted by molar-refractivity contribution is 0.0359. The Bertz CT molecular complexity index is 166. The highest BCUT2D eigenvalue weighted by Gasteiger charge is 2.43. The molecule has 0 amide bonds. The average molecular weight is 168 g/mol. The minimum atomic E-state index is 0.0173. The maximum Gasteiger partial charge on any atom is 0.0573 e. The Kier molecular flexibility index (Phi) is 2.16. The summed E-state index contributed by atoms with van der Waals surface area (Å²) >= 11 is 0. The molecule has 5 atom stereocenters. The minimum absolute atomic E-state index is 0.0173.